The summed E-state index contributed by atoms with van der Waals surface area (Å²) in [7, 11) is 0. The van der Waals surface area contributed by atoms with Crippen LogP contribution in [-0.4, -0.2) is 83.4 Å². The van der Waals surface area contributed by atoms with Gasteiger partial charge in [0, 0.05) is 0 Å². The smallest absolute Gasteiger partial charge is 0.221 e. The molecule has 2 atom stereocenters. The molecule has 1 aliphatic carbocycles. The molecule has 274 valence electrons. The third-order valence-corrected chi connectivity index (χ3v) is 5.90. The van der Waals surface area contributed by atoms with Crippen molar-refractivity contribution in [1.82, 2.24) is 0 Å². The van der Waals surface area contributed by atoms with E-state index in [-0.39, 0.29) is 0 Å². The summed E-state index contributed by atoms with van der Waals surface area (Å²) in [4.78, 5) is 0. The Bertz CT molecular complexity index is 1120. The van der Waals surface area contributed by atoms with Crippen LogP contribution >= 0.6 is 0 Å². The maximum absolute atomic E-state index is 15.0. The fraction of sp³-hybridized carbons (Fsp3) is 0.875. The van der Waals surface area contributed by atoms with Crippen LogP contribution in [0, 0.1) is 0 Å². The predicted octanol–water partition coefficient (Wildman–Crippen LogP) is 10.0. The zero-order valence-corrected chi connectivity index (χ0v) is 19.3. The minimum absolute atomic E-state index is 7.36. The van der Waals surface area contributed by atoms with E-state index in [9.17, 15) is 123 Å². The van der Waals surface area contributed by atoms with Crippen LogP contribution in [0.5, 0.6) is 0 Å². The third-order valence-electron chi connectivity index (χ3n) is 5.90. The quantitative estimate of drug-likeness (QED) is 0.187. The molecule has 0 aromatic heterocycles. The summed E-state index contributed by atoms with van der Waals surface area (Å²) in [6.07, 6.45) is -36.4. The van der Waals surface area contributed by atoms with Crippen LogP contribution in [0.15, 0.2) is 11.1 Å². The van der Waals surface area contributed by atoms with Gasteiger partial charge < -0.3 is 0 Å². The van der Waals surface area contributed by atoms with Crippen molar-refractivity contribution in [2.24, 2.45) is 0 Å². The molecule has 0 aromatic carbocycles. The van der Waals surface area contributed by atoms with Gasteiger partial charge in [0.2, 0.25) is 0 Å². The van der Waals surface area contributed by atoms with Crippen LogP contribution < -0.4 is 0 Å². The molecule has 1 rings (SSSR count). The Morgan fingerprint density at radius 3 is 0.565 bits per heavy atom. The highest BCUT2D eigenvalue weighted by Crippen LogP contribution is 2.74. The van der Waals surface area contributed by atoms with Crippen LogP contribution in [0.25, 0.3) is 0 Å². The molecule has 0 aromatic rings. The molecule has 0 bridgehead atoms. The first-order chi connectivity index (χ1) is 19.2. The SMILES string of the molecule is FC(F)(F)C(F)(F)C(F)(F)C(F)(C1=C(C(F)(C(F)(F)F)C(F)(F)C(F)(F)C(F)(F)F)C(F)(F)C(F)(F)C(F)(F)C1(F)F)C(F)(F)F. The summed E-state index contributed by atoms with van der Waals surface area (Å²) in [6.45, 7) is 0. The minimum atomic E-state index is -10.1. The van der Waals surface area contributed by atoms with Crippen molar-refractivity contribution in [2.75, 3.05) is 0 Å². The summed E-state index contributed by atoms with van der Waals surface area (Å²) in [5.41, 5.74) is -34.9. The lowest BCUT2D eigenvalue weighted by Crippen LogP contribution is -2.79. The van der Waals surface area contributed by atoms with Gasteiger partial charge in [-0.25, -0.2) is 8.78 Å². The summed E-state index contributed by atoms with van der Waals surface area (Å²) < 4.78 is 408. The Balaban J connectivity index is 5.26. The first-order valence-electron chi connectivity index (χ1n) is 9.67. The highest BCUT2D eigenvalue weighted by atomic mass is 19.5. The van der Waals surface area contributed by atoms with E-state index in [1.54, 1.807) is 0 Å². The minimum Gasteiger partial charge on any atom is -0.221 e. The molecule has 0 heterocycles. The van der Waals surface area contributed by atoms with Crippen molar-refractivity contribution < 1.29 is 132 Å². The normalized spacial score (nSPS) is 24.4. The topological polar surface area (TPSA) is 0 Å². The van der Waals surface area contributed by atoms with Gasteiger partial charge in [-0.2, -0.15) is 123 Å². The Hall–Kier alpha value is -2.36. The van der Waals surface area contributed by atoms with Gasteiger partial charge >= 0.3 is 83.4 Å². The zero-order valence-electron chi connectivity index (χ0n) is 19.3. The van der Waals surface area contributed by atoms with Crippen molar-refractivity contribution in [3.63, 3.8) is 0 Å². The van der Waals surface area contributed by atoms with E-state index in [4.69, 9.17) is 0 Å². The van der Waals surface area contributed by atoms with Crippen molar-refractivity contribution >= 4 is 0 Å². The highest BCUT2D eigenvalue weighted by molar-refractivity contribution is 5.53. The van der Waals surface area contributed by atoms with E-state index in [1.165, 1.54) is 0 Å². The van der Waals surface area contributed by atoms with Crippen LogP contribution in [-0.2, 0) is 0 Å². The lowest BCUT2D eigenvalue weighted by molar-refractivity contribution is -0.428. The van der Waals surface area contributed by atoms with Gasteiger partial charge in [0.1, 0.15) is 0 Å². The lowest BCUT2D eigenvalue weighted by Gasteiger charge is -2.52. The Labute approximate surface area is 227 Å². The number of hydrogen-bond donors (Lipinski definition) is 0. The molecule has 0 aliphatic heterocycles. The molecule has 0 radical (unpaired) electrons. The molecule has 0 saturated carbocycles. The fourth-order valence-electron chi connectivity index (χ4n) is 3.54. The van der Waals surface area contributed by atoms with Gasteiger partial charge in [0.25, 0.3) is 0 Å². The number of allylic oxidation sites excluding steroid dienone is 2. The lowest BCUT2D eigenvalue weighted by atomic mass is 9.64. The molecule has 0 nitrogen and oxygen atoms in total. The second-order valence-corrected chi connectivity index (χ2v) is 8.65. The van der Waals surface area contributed by atoms with Crippen LogP contribution in [0.1, 0.15) is 0 Å². The number of hydrogen-bond acceptors (Lipinski definition) is 0. The molecule has 1 aliphatic rings. The van der Waals surface area contributed by atoms with Crippen LogP contribution in [0.4, 0.5) is 132 Å². The molecule has 30 heteroatoms. The van der Waals surface area contributed by atoms with Crippen LogP contribution in [0.3, 0.4) is 0 Å². The first kappa shape index (κ1) is 41.7. The van der Waals surface area contributed by atoms with Crippen molar-refractivity contribution in [2.45, 2.75) is 83.4 Å². The standard InChI is InChI=1S/C16F30/c17-3(13(35,36)37,7(23,24)11(31,32)15(41,42)43)1-2(6(21,22)10(29,30)9(27,28)5(1,19)20)4(18,14(38,39)40)8(25,26)12(33,34)16(44,45)46. The highest BCUT2D eigenvalue weighted by Gasteiger charge is 3.00. The average molecular weight is 762 g/mol. The van der Waals surface area contributed by atoms with Gasteiger partial charge in [-0.15, -0.1) is 0 Å². The first-order valence-corrected chi connectivity index (χ1v) is 9.67. The Kier molecular flexibility index (Phi) is 8.72. The Morgan fingerprint density at radius 1 is 0.261 bits per heavy atom. The van der Waals surface area contributed by atoms with E-state index < -0.39 is 94.6 Å². The molecule has 0 saturated heterocycles. The Morgan fingerprint density at radius 2 is 0.435 bits per heavy atom. The van der Waals surface area contributed by atoms with Gasteiger partial charge in [-0.05, 0) is 0 Å². The molecule has 0 N–H and O–H groups in total. The van der Waals surface area contributed by atoms with Gasteiger partial charge in [-0.1, -0.05) is 0 Å². The summed E-state index contributed by atoms with van der Waals surface area (Å²) in [6, 6.07) is 0. The molecule has 0 fully saturated rings. The second kappa shape index (κ2) is 9.63. The largest absolute Gasteiger partial charge is 0.460 e. The number of rotatable bonds is 6. The van der Waals surface area contributed by atoms with E-state index in [2.05, 4.69) is 0 Å². The fourth-order valence-corrected chi connectivity index (χ4v) is 3.54. The average Bonchev–Trinajstić information content (AvgIpc) is 2.76. The number of alkyl halides is 30. The maximum atomic E-state index is 15.0. The molecular weight excluding hydrogens is 762 g/mol. The summed E-state index contributed by atoms with van der Waals surface area (Å²) in [5.74, 6) is -75.8. The molecular formula is C16F30. The predicted molar refractivity (Wildman–Crippen MR) is 78.5 cm³/mol. The van der Waals surface area contributed by atoms with E-state index in [0.717, 1.165) is 0 Å². The molecule has 0 amide bonds. The molecule has 46 heavy (non-hydrogen) atoms. The third kappa shape index (κ3) is 4.43. The summed E-state index contributed by atoms with van der Waals surface area (Å²) in [5, 5.41) is 0. The van der Waals surface area contributed by atoms with E-state index >= 15 is 8.78 Å². The van der Waals surface area contributed by atoms with Crippen molar-refractivity contribution in [3.05, 3.63) is 11.1 Å². The summed E-state index contributed by atoms with van der Waals surface area (Å²) >= 11 is 0. The van der Waals surface area contributed by atoms with Gasteiger partial charge in [-0.3, -0.25) is 0 Å². The van der Waals surface area contributed by atoms with Crippen molar-refractivity contribution in [3.8, 4) is 0 Å². The molecule has 0 spiro atoms. The number of halogens is 30. The van der Waals surface area contributed by atoms with Crippen molar-refractivity contribution in [1.29, 1.82) is 0 Å². The van der Waals surface area contributed by atoms with E-state index in [1.807, 2.05) is 0 Å². The zero-order chi connectivity index (χ0) is 38.2. The monoisotopic (exact) mass is 762 g/mol. The molecule has 2 unspecified atom stereocenters. The second-order valence-electron chi connectivity index (χ2n) is 8.65. The van der Waals surface area contributed by atoms with Gasteiger partial charge in [0.15, 0.2) is 0 Å². The van der Waals surface area contributed by atoms with Gasteiger partial charge in [0.05, 0.1) is 11.1 Å². The van der Waals surface area contributed by atoms with Crippen LogP contribution in [0.2, 0.25) is 0 Å². The maximum Gasteiger partial charge on any atom is 0.460 e. The van der Waals surface area contributed by atoms with E-state index in [0.29, 0.717) is 0 Å².